The summed E-state index contributed by atoms with van der Waals surface area (Å²) in [6.45, 7) is 9.26. The lowest BCUT2D eigenvalue weighted by molar-refractivity contribution is -0.121. The molecular formula is C20H32FN3O3S. The summed E-state index contributed by atoms with van der Waals surface area (Å²) in [5.41, 5.74) is 0. The first-order valence-electron chi connectivity index (χ1n) is 9.95. The van der Waals surface area contributed by atoms with Gasteiger partial charge in [-0.3, -0.25) is 9.69 Å². The van der Waals surface area contributed by atoms with Crippen molar-refractivity contribution in [3.63, 3.8) is 0 Å². The van der Waals surface area contributed by atoms with Gasteiger partial charge in [-0.15, -0.1) is 0 Å². The van der Waals surface area contributed by atoms with Gasteiger partial charge in [0.2, 0.25) is 15.9 Å². The van der Waals surface area contributed by atoms with Crippen LogP contribution in [-0.2, 0) is 14.8 Å². The summed E-state index contributed by atoms with van der Waals surface area (Å²) in [6, 6.07) is 4.87. The number of likely N-dealkylation sites (tertiary alicyclic amines) is 1. The Balaban J connectivity index is 1.77. The summed E-state index contributed by atoms with van der Waals surface area (Å²) >= 11 is 0. The van der Waals surface area contributed by atoms with Crippen molar-refractivity contribution in [1.29, 1.82) is 0 Å². The van der Waals surface area contributed by atoms with Crippen LogP contribution in [0, 0.1) is 17.7 Å². The summed E-state index contributed by atoms with van der Waals surface area (Å²) in [5, 5.41) is 2.94. The smallest absolute Gasteiger partial charge is 0.240 e. The molecule has 0 aromatic heterocycles. The van der Waals surface area contributed by atoms with E-state index in [0.717, 1.165) is 31.1 Å². The van der Waals surface area contributed by atoms with Crippen LogP contribution in [0.3, 0.4) is 0 Å². The molecule has 2 N–H and O–H groups in total. The number of nitrogens with zero attached hydrogens (tertiary/aromatic N) is 1. The molecule has 2 rings (SSSR count). The Morgan fingerprint density at radius 3 is 2.39 bits per heavy atom. The second-order valence-electron chi connectivity index (χ2n) is 7.94. The van der Waals surface area contributed by atoms with Crippen LogP contribution in [0.2, 0.25) is 0 Å². The number of piperidine rings is 1. The summed E-state index contributed by atoms with van der Waals surface area (Å²) in [4.78, 5) is 14.6. The molecule has 0 spiro atoms. The van der Waals surface area contributed by atoms with E-state index in [-0.39, 0.29) is 29.8 Å². The van der Waals surface area contributed by atoms with Crippen molar-refractivity contribution in [2.45, 2.75) is 51.0 Å². The van der Waals surface area contributed by atoms with Gasteiger partial charge >= 0.3 is 0 Å². The van der Waals surface area contributed by atoms with Gasteiger partial charge < -0.3 is 5.32 Å². The van der Waals surface area contributed by atoms with Crippen LogP contribution in [0.4, 0.5) is 4.39 Å². The predicted molar refractivity (Wildman–Crippen MR) is 108 cm³/mol. The number of halogens is 1. The van der Waals surface area contributed by atoms with E-state index in [1.165, 1.54) is 25.0 Å². The number of hydrogen-bond donors (Lipinski definition) is 2. The van der Waals surface area contributed by atoms with Crippen molar-refractivity contribution >= 4 is 15.9 Å². The molecule has 1 unspecified atom stereocenters. The average Bonchev–Trinajstić information content (AvgIpc) is 2.63. The molecule has 1 fully saturated rings. The van der Waals surface area contributed by atoms with Crippen LogP contribution >= 0.6 is 0 Å². The quantitative estimate of drug-likeness (QED) is 0.652. The molecule has 1 aromatic rings. The number of nitrogens with one attached hydrogen (secondary N) is 2. The van der Waals surface area contributed by atoms with Crippen molar-refractivity contribution in [3.8, 4) is 0 Å². The molecule has 1 saturated heterocycles. The lowest BCUT2D eigenvalue weighted by Gasteiger charge is -2.38. The lowest BCUT2D eigenvalue weighted by Crippen LogP contribution is -2.49. The minimum atomic E-state index is -3.74. The maximum atomic E-state index is 12.9. The molecule has 1 aromatic carbocycles. The molecule has 1 amide bonds. The third kappa shape index (κ3) is 6.83. The zero-order valence-corrected chi connectivity index (χ0v) is 17.8. The van der Waals surface area contributed by atoms with Crippen molar-refractivity contribution in [1.82, 2.24) is 14.9 Å². The monoisotopic (exact) mass is 413 g/mol. The fourth-order valence-corrected chi connectivity index (χ4v) is 4.48. The molecule has 1 aliphatic heterocycles. The third-order valence-electron chi connectivity index (χ3n) is 5.33. The van der Waals surface area contributed by atoms with E-state index in [1.54, 1.807) is 0 Å². The molecule has 1 atom stereocenters. The number of amides is 1. The van der Waals surface area contributed by atoms with E-state index in [4.69, 9.17) is 0 Å². The largest absolute Gasteiger partial charge is 0.354 e. The van der Waals surface area contributed by atoms with E-state index in [0.29, 0.717) is 12.5 Å². The highest BCUT2D eigenvalue weighted by atomic mass is 32.2. The van der Waals surface area contributed by atoms with Gasteiger partial charge in [0.25, 0.3) is 0 Å². The number of hydrogen-bond acceptors (Lipinski definition) is 4. The molecule has 158 valence electrons. The Labute approximate surface area is 167 Å². The fourth-order valence-electron chi connectivity index (χ4n) is 3.45. The third-order valence-corrected chi connectivity index (χ3v) is 6.81. The molecular weight excluding hydrogens is 381 g/mol. The van der Waals surface area contributed by atoms with Crippen molar-refractivity contribution in [2.24, 2.45) is 11.8 Å². The normalized spacial score (nSPS) is 17.6. The van der Waals surface area contributed by atoms with Gasteiger partial charge in [-0.25, -0.2) is 17.5 Å². The average molecular weight is 414 g/mol. The van der Waals surface area contributed by atoms with Crippen LogP contribution in [0.1, 0.15) is 40.0 Å². The summed E-state index contributed by atoms with van der Waals surface area (Å²) in [6.07, 6.45) is 2.42. The summed E-state index contributed by atoms with van der Waals surface area (Å²) in [5.74, 6) is 0.498. The molecule has 1 aliphatic rings. The predicted octanol–water partition coefficient (Wildman–Crippen LogP) is 2.37. The minimum Gasteiger partial charge on any atom is -0.354 e. The number of sulfonamides is 1. The zero-order chi connectivity index (χ0) is 20.7. The highest BCUT2D eigenvalue weighted by Crippen LogP contribution is 2.21. The maximum absolute atomic E-state index is 12.9. The number of rotatable bonds is 9. The Bertz CT molecular complexity index is 730. The number of benzene rings is 1. The van der Waals surface area contributed by atoms with Gasteiger partial charge in [-0.1, -0.05) is 20.8 Å². The molecule has 28 heavy (non-hydrogen) atoms. The lowest BCUT2D eigenvalue weighted by atomic mass is 9.94. The van der Waals surface area contributed by atoms with Crippen LogP contribution < -0.4 is 10.0 Å². The Morgan fingerprint density at radius 1 is 1.21 bits per heavy atom. The maximum Gasteiger partial charge on any atom is 0.240 e. The second kappa shape index (κ2) is 10.3. The van der Waals surface area contributed by atoms with E-state index in [1.807, 2.05) is 0 Å². The van der Waals surface area contributed by atoms with Crippen LogP contribution in [-0.4, -0.2) is 51.4 Å². The SMILES string of the molecule is CC1CCN(C(CNC(=O)CCNS(=O)(=O)c2ccc(F)cc2)C(C)C)CC1. The van der Waals surface area contributed by atoms with E-state index >= 15 is 0 Å². The first kappa shape index (κ1) is 22.8. The molecule has 0 saturated carbocycles. The van der Waals surface area contributed by atoms with Crippen LogP contribution in [0.25, 0.3) is 0 Å². The van der Waals surface area contributed by atoms with Gasteiger partial charge in [-0.2, -0.15) is 0 Å². The molecule has 6 nitrogen and oxygen atoms in total. The highest BCUT2D eigenvalue weighted by molar-refractivity contribution is 7.89. The van der Waals surface area contributed by atoms with E-state index < -0.39 is 15.8 Å². The molecule has 0 bridgehead atoms. The van der Waals surface area contributed by atoms with Gasteiger partial charge in [0, 0.05) is 25.6 Å². The molecule has 0 aliphatic carbocycles. The first-order valence-corrected chi connectivity index (χ1v) is 11.4. The Kier molecular flexibility index (Phi) is 8.39. The zero-order valence-electron chi connectivity index (χ0n) is 16.9. The fraction of sp³-hybridized carbons (Fsp3) is 0.650. The summed E-state index contributed by atoms with van der Waals surface area (Å²) in [7, 11) is -3.74. The van der Waals surface area contributed by atoms with Crippen molar-refractivity contribution < 1.29 is 17.6 Å². The molecule has 8 heteroatoms. The molecule has 0 radical (unpaired) electrons. The van der Waals surface area contributed by atoms with Gasteiger partial charge in [0.15, 0.2) is 0 Å². The molecule has 1 heterocycles. The van der Waals surface area contributed by atoms with E-state index in [2.05, 4.69) is 35.7 Å². The standard InChI is InChI=1S/C20H32FN3O3S/c1-15(2)19(24-12-9-16(3)10-13-24)14-22-20(25)8-11-23-28(26,27)18-6-4-17(21)5-7-18/h4-7,15-16,19,23H,8-14H2,1-3H3,(H,22,25). The van der Waals surface area contributed by atoms with Gasteiger partial charge in [0.05, 0.1) is 4.90 Å². The van der Waals surface area contributed by atoms with Gasteiger partial charge in [-0.05, 0) is 62.0 Å². The van der Waals surface area contributed by atoms with Gasteiger partial charge in [0.1, 0.15) is 5.82 Å². The number of carbonyl (C=O) groups excluding carboxylic acids is 1. The Morgan fingerprint density at radius 2 is 1.82 bits per heavy atom. The van der Waals surface area contributed by atoms with Crippen molar-refractivity contribution in [2.75, 3.05) is 26.2 Å². The highest BCUT2D eigenvalue weighted by Gasteiger charge is 2.26. The minimum absolute atomic E-state index is 0.000876. The second-order valence-corrected chi connectivity index (χ2v) is 9.70. The topological polar surface area (TPSA) is 78.5 Å². The Hall–Kier alpha value is -1.51. The van der Waals surface area contributed by atoms with Crippen LogP contribution in [0.5, 0.6) is 0 Å². The number of carbonyl (C=O) groups is 1. The first-order chi connectivity index (χ1) is 13.2. The van der Waals surface area contributed by atoms with Crippen molar-refractivity contribution in [3.05, 3.63) is 30.1 Å². The van der Waals surface area contributed by atoms with E-state index in [9.17, 15) is 17.6 Å². The van der Waals surface area contributed by atoms with Crippen LogP contribution in [0.15, 0.2) is 29.2 Å². The summed E-state index contributed by atoms with van der Waals surface area (Å²) < 4.78 is 39.6.